The van der Waals surface area contributed by atoms with E-state index in [1.807, 2.05) is 0 Å². The summed E-state index contributed by atoms with van der Waals surface area (Å²) in [6, 6.07) is 3.77. The van der Waals surface area contributed by atoms with Gasteiger partial charge in [-0.15, -0.1) is 0 Å². The number of carbonyl (C=O) groups is 1. The number of rotatable bonds is 3. The van der Waals surface area contributed by atoms with Crippen LogP contribution in [0.5, 0.6) is 11.5 Å². The molecule has 5 nitrogen and oxygen atoms in total. The van der Waals surface area contributed by atoms with Crippen LogP contribution < -0.4 is 5.32 Å². The highest BCUT2D eigenvalue weighted by molar-refractivity contribution is 5.97. The van der Waals surface area contributed by atoms with E-state index in [1.54, 1.807) is 0 Å². The Labute approximate surface area is 92.3 Å². The summed E-state index contributed by atoms with van der Waals surface area (Å²) in [6.45, 7) is -0.0996. The van der Waals surface area contributed by atoms with Crippen molar-refractivity contribution in [1.29, 1.82) is 0 Å². The summed E-state index contributed by atoms with van der Waals surface area (Å²) in [7, 11) is 0. The minimum Gasteiger partial charge on any atom is -0.508 e. The Bertz CT molecular complexity index is 426. The molecule has 0 spiro atoms. The van der Waals surface area contributed by atoms with Crippen molar-refractivity contribution < 1.29 is 20.1 Å². The third-order valence-electron chi connectivity index (χ3n) is 2.76. The number of carbonyl (C=O) groups excluding carboxylic acids is 1. The van der Waals surface area contributed by atoms with E-state index >= 15 is 0 Å². The molecule has 0 aromatic heterocycles. The second-order valence-electron chi connectivity index (χ2n) is 4.09. The average molecular weight is 223 g/mol. The van der Waals surface area contributed by atoms with Crippen LogP contribution >= 0.6 is 0 Å². The van der Waals surface area contributed by atoms with Gasteiger partial charge in [0.1, 0.15) is 11.5 Å². The number of phenolic OH excluding ortho intramolecular Hbond substituents is 2. The van der Waals surface area contributed by atoms with Gasteiger partial charge < -0.3 is 20.6 Å². The number of aliphatic hydroxyl groups excluding tert-OH is 1. The Hall–Kier alpha value is -1.75. The van der Waals surface area contributed by atoms with Gasteiger partial charge >= 0.3 is 0 Å². The summed E-state index contributed by atoms with van der Waals surface area (Å²) in [5.74, 6) is -0.812. The molecule has 0 heterocycles. The predicted octanol–water partition coefficient (Wildman–Crippen LogP) is 0.352. The minimum absolute atomic E-state index is 0.0949. The molecule has 0 atom stereocenters. The van der Waals surface area contributed by atoms with E-state index < -0.39 is 11.4 Å². The van der Waals surface area contributed by atoms with E-state index in [2.05, 4.69) is 5.32 Å². The maximum atomic E-state index is 11.7. The molecule has 4 N–H and O–H groups in total. The molecule has 5 heteroatoms. The largest absolute Gasteiger partial charge is 0.508 e. The average Bonchev–Trinajstić information content (AvgIpc) is 2.98. The molecule has 0 aliphatic heterocycles. The van der Waals surface area contributed by atoms with Gasteiger partial charge in [0.25, 0.3) is 5.91 Å². The van der Waals surface area contributed by atoms with E-state index in [0.29, 0.717) is 0 Å². The highest BCUT2D eigenvalue weighted by Gasteiger charge is 2.43. The van der Waals surface area contributed by atoms with Crippen LogP contribution in [0.3, 0.4) is 0 Å². The lowest BCUT2D eigenvalue weighted by atomic mass is 10.1. The molecule has 2 rings (SSSR count). The standard InChI is InChI=1S/C11H13NO4/c13-6-11(3-4-11)12-10(16)8-2-1-7(14)5-9(8)15/h1-2,5,13-15H,3-4,6H2,(H,12,16). The number of phenols is 2. The number of aromatic hydroxyl groups is 2. The Kier molecular flexibility index (Phi) is 2.47. The second-order valence-corrected chi connectivity index (χ2v) is 4.09. The first-order valence-corrected chi connectivity index (χ1v) is 5.02. The molecule has 1 amide bonds. The Morgan fingerprint density at radius 2 is 2.06 bits per heavy atom. The van der Waals surface area contributed by atoms with Crippen molar-refractivity contribution in [2.45, 2.75) is 18.4 Å². The van der Waals surface area contributed by atoms with Crippen molar-refractivity contribution in [3.05, 3.63) is 23.8 Å². The lowest BCUT2D eigenvalue weighted by molar-refractivity contribution is 0.0904. The van der Waals surface area contributed by atoms with Crippen molar-refractivity contribution >= 4 is 5.91 Å². The molecule has 1 aliphatic rings. The van der Waals surface area contributed by atoms with Gasteiger partial charge in [-0.25, -0.2) is 0 Å². The number of nitrogens with one attached hydrogen (secondary N) is 1. The Morgan fingerprint density at radius 3 is 2.56 bits per heavy atom. The van der Waals surface area contributed by atoms with E-state index in [1.165, 1.54) is 12.1 Å². The third kappa shape index (κ3) is 1.94. The molecule has 0 saturated heterocycles. The van der Waals surface area contributed by atoms with Gasteiger partial charge in [0.15, 0.2) is 0 Å². The van der Waals surface area contributed by atoms with Crippen molar-refractivity contribution in [2.24, 2.45) is 0 Å². The normalized spacial score (nSPS) is 16.8. The number of hydrogen-bond acceptors (Lipinski definition) is 4. The lowest BCUT2D eigenvalue weighted by Gasteiger charge is -2.14. The molecule has 1 aliphatic carbocycles. The van der Waals surface area contributed by atoms with Crippen molar-refractivity contribution in [3.8, 4) is 11.5 Å². The summed E-state index contributed by atoms with van der Waals surface area (Å²) in [5.41, 5.74) is -0.418. The molecule has 1 saturated carbocycles. The molecular weight excluding hydrogens is 210 g/mol. The summed E-state index contributed by atoms with van der Waals surface area (Å²) >= 11 is 0. The van der Waals surface area contributed by atoms with Gasteiger partial charge in [0.05, 0.1) is 17.7 Å². The topological polar surface area (TPSA) is 89.8 Å². The van der Waals surface area contributed by atoms with Crippen molar-refractivity contribution in [1.82, 2.24) is 5.32 Å². The van der Waals surface area contributed by atoms with Gasteiger partial charge in [-0.3, -0.25) is 4.79 Å². The maximum Gasteiger partial charge on any atom is 0.255 e. The molecule has 0 radical (unpaired) electrons. The zero-order chi connectivity index (χ0) is 11.8. The molecule has 1 aromatic rings. The van der Waals surface area contributed by atoms with E-state index in [0.717, 1.165) is 18.9 Å². The maximum absolute atomic E-state index is 11.7. The van der Waals surface area contributed by atoms with Crippen LogP contribution in [0, 0.1) is 0 Å². The lowest BCUT2D eigenvalue weighted by Crippen LogP contribution is -2.39. The van der Waals surface area contributed by atoms with E-state index in [4.69, 9.17) is 10.2 Å². The summed E-state index contributed by atoms with van der Waals surface area (Å²) < 4.78 is 0. The van der Waals surface area contributed by atoms with Crippen LogP contribution in [-0.2, 0) is 0 Å². The Balaban J connectivity index is 2.15. The summed E-state index contributed by atoms with van der Waals surface area (Å²) in [5, 5.41) is 30.3. The van der Waals surface area contributed by atoms with E-state index in [-0.39, 0.29) is 23.7 Å². The number of benzene rings is 1. The fourth-order valence-corrected chi connectivity index (χ4v) is 1.49. The van der Waals surface area contributed by atoms with Gasteiger partial charge in [-0.2, -0.15) is 0 Å². The molecule has 1 aromatic carbocycles. The SMILES string of the molecule is O=C(NC1(CO)CC1)c1ccc(O)cc1O. The zero-order valence-electron chi connectivity index (χ0n) is 8.60. The third-order valence-corrected chi connectivity index (χ3v) is 2.76. The first-order chi connectivity index (χ1) is 7.56. The van der Waals surface area contributed by atoms with Crippen LogP contribution in [0.25, 0.3) is 0 Å². The van der Waals surface area contributed by atoms with Gasteiger partial charge in [-0.05, 0) is 25.0 Å². The first-order valence-electron chi connectivity index (χ1n) is 5.02. The van der Waals surface area contributed by atoms with Crippen LogP contribution in [0.15, 0.2) is 18.2 Å². The number of aliphatic hydroxyl groups is 1. The summed E-state index contributed by atoms with van der Waals surface area (Å²) in [4.78, 5) is 11.7. The Morgan fingerprint density at radius 1 is 1.38 bits per heavy atom. The zero-order valence-corrected chi connectivity index (χ0v) is 8.60. The molecule has 86 valence electrons. The van der Waals surface area contributed by atoms with Gasteiger partial charge in [0.2, 0.25) is 0 Å². The van der Waals surface area contributed by atoms with Crippen LogP contribution in [0.4, 0.5) is 0 Å². The highest BCUT2D eigenvalue weighted by Crippen LogP contribution is 2.35. The smallest absolute Gasteiger partial charge is 0.255 e. The minimum atomic E-state index is -0.512. The molecule has 0 bridgehead atoms. The van der Waals surface area contributed by atoms with Gasteiger partial charge in [0, 0.05) is 6.07 Å². The fourth-order valence-electron chi connectivity index (χ4n) is 1.49. The number of hydrogen-bond donors (Lipinski definition) is 4. The molecule has 0 unspecified atom stereocenters. The summed E-state index contributed by atoms with van der Waals surface area (Å²) in [6.07, 6.45) is 1.49. The predicted molar refractivity (Wildman–Crippen MR) is 56.3 cm³/mol. The first kappa shape index (κ1) is 10.8. The molecular formula is C11H13NO4. The van der Waals surface area contributed by atoms with Crippen molar-refractivity contribution in [3.63, 3.8) is 0 Å². The second kappa shape index (κ2) is 3.68. The van der Waals surface area contributed by atoms with Gasteiger partial charge in [-0.1, -0.05) is 0 Å². The molecule has 16 heavy (non-hydrogen) atoms. The molecule has 1 fully saturated rings. The van der Waals surface area contributed by atoms with Crippen molar-refractivity contribution in [2.75, 3.05) is 6.61 Å². The highest BCUT2D eigenvalue weighted by atomic mass is 16.3. The fraction of sp³-hybridized carbons (Fsp3) is 0.364. The quantitative estimate of drug-likeness (QED) is 0.595. The van der Waals surface area contributed by atoms with Crippen LogP contribution in [-0.4, -0.2) is 33.4 Å². The monoisotopic (exact) mass is 223 g/mol. The van der Waals surface area contributed by atoms with Crippen LogP contribution in [0.1, 0.15) is 23.2 Å². The number of amides is 1. The van der Waals surface area contributed by atoms with E-state index in [9.17, 15) is 9.90 Å². The van der Waals surface area contributed by atoms with Crippen LogP contribution in [0.2, 0.25) is 0 Å².